The van der Waals surface area contributed by atoms with Gasteiger partial charge in [0.25, 0.3) is 0 Å². The van der Waals surface area contributed by atoms with Gasteiger partial charge in [0.2, 0.25) is 0 Å². The molecule has 1 heterocycles. The Bertz CT molecular complexity index is 99.9. The molecule has 0 amide bonds. The quantitative estimate of drug-likeness (QED) is 0.592. The predicted molar refractivity (Wildman–Crippen MR) is 46.0 cm³/mol. The minimum atomic E-state index is 0.163. The summed E-state index contributed by atoms with van der Waals surface area (Å²) in [6.07, 6.45) is 3.79. The summed E-state index contributed by atoms with van der Waals surface area (Å²) in [6, 6.07) is 0. The smallest absolute Gasteiger partial charge is 0.146 e. The van der Waals surface area contributed by atoms with E-state index in [-0.39, 0.29) is 6.10 Å². The molecule has 1 saturated heterocycles. The number of rotatable bonds is 5. The number of ether oxygens (including phenoxy) is 3. The normalized spacial score (nSPS) is 19.8. The molecule has 0 saturated carbocycles. The van der Waals surface area contributed by atoms with Gasteiger partial charge in [0.1, 0.15) is 12.9 Å². The van der Waals surface area contributed by atoms with Gasteiger partial charge in [-0.1, -0.05) is 19.8 Å². The van der Waals surface area contributed by atoms with Crippen LogP contribution in [0.5, 0.6) is 0 Å². The van der Waals surface area contributed by atoms with Crippen LogP contribution in [0.1, 0.15) is 26.2 Å². The third kappa shape index (κ3) is 4.04. The van der Waals surface area contributed by atoms with E-state index in [0.29, 0.717) is 20.0 Å². The van der Waals surface area contributed by atoms with Crippen LogP contribution in [0, 0.1) is 0 Å². The van der Waals surface area contributed by atoms with Gasteiger partial charge in [-0.3, -0.25) is 0 Å². The van der Waals surface area contributed by atoms with Crippen molar-refractivity contribution in [2.75, 3.05) is 26.6 Å². The summed E-state index contributed by atoms with van der Waals surface area (Å²) in [5, 5.41) is 0. The van der Waals surface area contributed by atoms with E-state index in [2.05, 4.69) is 6.92 Å². The highest BCUT2D eigenvalue weighted by Crippen LogP contribution is 2.03. The SMILES string of the molecule is CCCCCOC1COCOC1. The van der Waals surface area contributed by atoms with E-state index >= 15 is 0 Å². The number of hydrogen-bond donors (Lipinski definition) is 0. The minimum absolute atomic E-state index is 0.163. The predicted octanol–water partition coefficient (Wildman–Crippen LogP) is 1.57. The summed E-state index contributed by atoms with van der Waals surface area (Å²) >= 11 is 0. The fraction of sp³-hybridized carbons (Fsp3) is 1.00. The first-order valence-electron chi connectivity index (χ1n) is 4.70. The molecular weight excluding hydrogens is 156 g/mol. The molecule has 72 valence electrons. The molecule has 1 fully saturated rings. The maximum absolute atomic E-state index is 5.54. The summed E-state index contributed by atoms with van der Waals surface area (Å²) in [7, 11) is 0. The van der Waals surface area contributed by atoms with Gasteiger partial charge in [-0.2, -0.15) is 0 Å². The van der Waals surface area contributed by atoms with E-state index in [1.807, 2.05) is 0 Å². The van der Waals surface area contributed by atoms with Crippen molar-refractivity contribution in [3.8, 4) is 0 Å². The number of unbranched alkanes of at least 4 members (excludes halogenated alkanes) is 2. The molecule has 12 heavy (non-hydrogen) atoms. The Balaban J connectivity index is 1.91. The molecule has 3 heteroatoms. The third-order valence-electron chi connectivity index (χ3n) is 1.88. The van der Waals surface area contributed by atoms with Crippen LogP contribution in [0.4, 0.5) is 0 Å². The largest absolute Gasteiger partial charge is 0.373 e. The zero-order chi connectivity index (χ0) is 8.65. The van der Waals surface area contributed by atoms with Crippen LogP contribution in [0.2, 0.25) is 0 Å². The second-order valence-electron chi connectivity index (χ2n) is 3.06. The molecule has 0 aliphatic carbocycles. The van der Waals surface area contributed by atoms with E-state index < -0.39 is 0 Å². The summed E-state index contributed by atoms with van der Waals surface area (Å²) in [5.74, 6) is 0. The summed E-state index contributed by atoms with van der Waals surface area (Å²) in [5.41, 5.74) is 0. The Morgan fingerprint density at radius 1 is 1.25 bits per heavy atom. The Kier molecular flexibility index (Phi) is 5.32. The maximum atomic E-state index is 5.54. The van der Waals surface area contributed by atoms with E-state index in [0.717, 1.165) is 13.0 Å². The molecule has 1 aliphatic heterocycles. The lowest BCUT2D eigenvalue weighted by Crippen LogP contribution is -2.31. The van der Waals surface area contributed by atoms with Gasteiger partial charge in [-0.05, 0) is 6.42 Å². The van der Waals surface area contributed by atoms with Crippen molar-refractivity contribution in [1.82, 2.24) is 0 Å². The summed E-state index contributed by atoms with van der Waals surface area (Å²) in [4.78, 5) is 0. The van der Waals surface area contributed by atoms with Crippen molar-refractivity contribution in [3.05, 3.63) is 0 Å². The second-order valence-corrected chi connectivity index (χ2v) is 3.06. The fourth-order valence-electron chi connectivity index (χ4n) is 1.16. The van der Waals surface area contributed by atoms with Gasteiger partial charge in [0.15, 0.2) is 0 Å². The molecule has 0 bridgehead atoms. The van der Waals surface area contributed by atoms with Gasteiger partial charge in [0, 0.05) is 6.61 Å². The van der Waals surface area contributed by atoms with Crippen molar-refractivity contribution in [2.45, 2.75) is 32.3 Å². The van der Waals surface area contributed by atoms with Gasteiger partial charge in [0.05, 0.1) is 13.2 Å². The van der Waals surface area contributed by atoms with Crippen LogP contribution in [0.3, 0.4) is 0 Å². The first-order valence-corrected chi connectivity index (χ1v) is 4.70. The van der Waals surface area contributed by atoms with E-state index in [1.165, 1.54) is 12.8 Å². The molecule has 0 radical (unpaired) electrons. The molecular formula is C9H18O3. The Labute approximate surface area is 74.0 Å². The molecule has 0 N–H and O–H groups in total. The molecule has 0 aromatic heterocycles. The average molecular weight is 174 g/mol. The van der Waals surface area contributed by atoms with Gasteiger partial charge >= 0.3 is 0 Å². The van der Waals surface area contributed by atoms with E-state index in [9.17, 15) is 0 Å². The Morgan fingerprint density at radius 2 is 2.00 bits per heavy atom. The Morgan fingerprint density at radius 3 is 2.67 bits per heavy atom. The standard InChI is InChI=1S/C9H18O3/c1-2-3-4-5-12-9-6-10-8-11-7-9/h9H,2-8H2,1H3. The Hall–Kier alpha value is -0.120. The first-order chi connectivity index (χ1) is 5.93. The average Bonchev–Trinajstić information content (AvgIpc) is 2.14. The van der Waals surface area contributed by atoms with Crippen molar-refractivity contribution < 1.29 is 14.2 Å². The van der Waals surface area contributed by atoms with Crippen molar-refractivity contribution in [1.29, 1.82) is 0 Å². The first kappa shape index (κ1) is 9.96. The van der Waals surface area contributed by atoms with Crippen LogP contribution in [-0.2, 0) is 14.2 Å². The molecule has 0 atom stereocenters. The lowest BCUT2D eigenvalue weighted by molar-refractivity contribution is -0.167. The highest BCUT2D eigenvalue weighted by molar-refractivity contribution is 4.57. The zero-order valence-corrected chi connectivity index (χ0v) is 7.75. The molecule has 0 unspecified atom stereocenters. The van der Waals surface area contributed by atoms with E-state index in [4.69, 9.17) is 14.2 Å². The molecule has 1 rings (SSSR count). The highest BCUT2D eigenvalue weighted by atomic mass is 16.7. The molecule has 3 nitrogen and oxygen atoms in total. The van der Waals surface area contributed by atoms with Gasteiger partial charge < -0.3 is 14.2 Å². The van der Waals surface area contributed by atoms with Crippen molar-refractivity contribution in [3.63, 3.8) is 0 Å². The summed E-state index contributed by atoms with van der Waals surface area (Å²) in [6.45, 7) is 4.82. The fourth-order valence-corrected chi connectivity index (χ4v) is 1.16. The van der Waals surface area contributed by atoms with Crippen LogP contribution in [0.25, 0.3) is 0 Å². The van der Waals surface area contributed by atoms with Crippen LogP contribution in [0.15, 0.2) is 0 Å². The second kappa shape index (κ2) is 6.40. The molecule has 0 aromatic rings. The third-order valence-corrected chi connectivity index (χ3v) is 1.88. The van der Waals surface area contributed by atoms with Crippen LogP contribution < -0.4 is 0 Å². The van der Waals surface area contributed by atoms with E-state index in [1.54, 1.807) is 0 Å². The number of hydrogen-bond acceptors (Lipinski definition) is 3. The monoisotopic (exact) mass is 174 g/mol. The summed E-state index contributed by atoms with van der Waals surface area (Å²) < 4.78 is 15.7. The zero-order valence-electron chi connectivity index (χ0n) is 7.75. The highest BCUT2D eigenvalue weighted by Gasteiger charge is 2.13. The molecule has 0 spiro atoms. The van der Waals surface area contributed by atoms with Gasteiger partial charge in [-0.25, -0.2) is 0 Å². The minimum Gasteiger partial charge on any atom is -0.373 e. The van der Waals surface area contributed by atoms with Crippen molar-refractivity contribution in [2.24, 2.45) is 0 Å². The molecule has 0 aromatic carbocycles. The molecule has 1 aliphatic rings. The van der Waals surface area contributed by atoms with Crippen LogP contribution in [-0.4, -0.2) is 32.7 Å². The van der Waals surface area contributed by atoms with Crippen molar-refractivity contribution >= 4 is 0 Å². The van der Waals surface area contributed by atoms with Crippen LogP contribution >= 0.6 is 0 Å². The van der Waals surface area contributed by atoms with Gasteiger partial charge in [-0.15, -0.1) is 0 Å². The lowest BCUT2D eigenvalue weighted by atomic mass is 10.3. The topological polar surface area (TPSA) is 27.7 Å². The maximum Gasteiger partial charge on any atom is 0.146 e. The lowest BCUT2D eigenvalue weighted by Gasteiger charge is -2.22.